The maximum absolute atomic E-state index is 5.98. The molecule has 0 fully saturated rings. The first-order chi connectivity index (χ1) is 7.22. The minimum atomic E-state index is 0.376. The second-order valence-corrected chi connectivity index (χ2v) is 5.19. The lowest BCUT2D eigenvalue weighted by Crippen LogP contribution is -2.27. The molecule has 1 rings (SSSR count). The molecular formula is C12H22N2S. The molecule has 0 saturated heterocycles. The van der Waals surface area contributed by atoms with E-state index < -0.39 is 0 Å². The number of nitrogens with two attached hydrogens (primary N) is 1. The second kappa shape index (κ2) is 6.99. The first kappa shape index (κ1) is 12.7. The van der Waals surface area contributed by atoms with Gasteiger partial charge < -0.3 is 10.6 Å². The maximum Gasteiger partial charge on any atom is 0.0324 e. The van der Waals surface area contributed by atoms with E-state index in [9.17, 15) is 0 Å². The van der Waals surface area contributed by atoms with Crippen LogP contribution in [0.3, 0.4) is 0 Å². The molecule has 1 atom stereocenters. The van der Waals surface area contributed by atoms with E-state index in [1.54, 1.807) is 0 Å². The van der Waals surface area contributed by atoms with Crippen LogP contribution in [0.15, 0.2) is 17.5 Å². The molecule has 15 heavy (non-hydrogen) atoms. The van der Waals surface area contributed by atoms with Crippen molar-refractivity contribution in [2.45, 2.75) is 38.8 Å². The largest absolute Gasteiger partial charge is 0.328 e. The predicted octanol–water partition coefficient (Wildman–Crippen LogP) is 2.70. The van der Waals surface area contributed by atoms with Gasteiger partial charge in [0, 0.05) is 17.5 Å². The van der Waals surface area contributed by atoms with Crippen molar-refractivity contribution in [1.82, 2.24) is 4.90 Å². The molecule has 0 saturated carbocycles. The molecule has 0 aliphatic carbocycles. The number of rotatable bonds is 7. The molecule has 0 amide bonds. The van der Waals surface area contributed by atoms with Crippen LogP contribution in [0.25, 0.3) is 0 Å². The Bertz CT molecular complexity index is 246. The summed E-state index contributed by atoms with van der Waals surface area (Å²) in [6.45, 7) is 4.34. The van der Waals surface area contributed by atoms with Crippen molar-refractivity contribution in [3.63, 3.8) is 0 Å². The third-order valence-corrected chi connectivity index (χ3v) is 3.41. The molecule has 0 aliphatic heterocycles. The topological polar surface area (TPSA) is 29.3 Å². The average Bonchev–Trinajstić information content (AvgIpc) is 2.68. The Morgan fingerprint density at radius 3 is 2.87 bits per heavy atom. The van der Waals surface area contributed by atoms with Gasteiger partial charge in [0.15, 0.2) is 0 Å². The van der Waals surface area contributed by atoms with E-state index in [1.807, 2.05) is 11.3 Å². The van der Waals surface area contributed by atoms with E-state index >= 15 is 0 Å². The van der Waals surface area contributed by atoms with Crippen LogP contribution >= 0.6 is 11.3 Å². The second-order valence-electron chi connectivity index (χ2n) is 4.15. The molecule has 1 aromatic rings. The van der Waals surface area contributed by atoms with Gasteiger partial charge in [-0.25, -0.2) is 0 Å². The molecule has 2 N–H and O–H groups in total. The Kier molecular flexibility index (Phi) is 5.91. The van der Waals surface area contributed by atoms with Gasteiger partial charge in [-0.3, -0.25) is 0 Å². The third-order valence-electron chi connectivity index (χ3n) is 2.55. The molecule has 0 bridgehead atoms. The van der Waals surface area contributed by atoms with Gasteiger partial charge in [-0.15, -0.1) is 11.3 Å². The van der Waals surface area contributed by atoms with E-state index in [0.717, 1.165) is 25.9 Å². The molecule has 2 nitrogen and oxygen atoms in total. The molecule has 0 aromatic carbocycles. The van der Waals surface area contributed by atoms with Gasteiger partial charge in [0.05, 0.1) is 0 Å². The first-order valence-corrected chi connectivity index (χ1v) is 6.56. The van der Waals surface area contributed by atoms with Crippen LogP contribution in [0.5, 0.6) is 0 Å². The lowest BCUT2D eigenvalue weighted by atomic mass is 10.1. The third kappa shape index (κ3) is 5.30. The summed E-state index contributed by atoms with van der Waals surface area (Å²) in [5.74, 6) is 0. The monoisotopic (exact) mass is 226 g/mol. The van der Waals surface area contributed by atoms with Crippen molar-refractivity contribution in [2.75, 3.05) is 13.6 Å². The van der Waals surface area contributed by atoms with E-state index in [-0.39, 0.29) is 0 Å². The highest BCUT2D eigenvalue weighted by atomic mass is 32.1. The molecule has 86 valence electrons. The predicted molar refractivity (Wildman–Crippen MR) is 68.2 cm³/mol. The average molecular weight is 226 g/mol. The van der Waals surface area contributed by atoms with Crippen LogP contribution in [-0.4, -0.2) is 24.5 Å². The maximum atomic E-state index is 5.98. The molecule has 3 heteroatoms. The van der Waals surface area contributed by atoms with Crippen molar-refractivity contribution in [3.05, 3.63) is 22.4 Å². The van der Waals surface area contributed by atoms with Crippen LogP contribution in [0.1, 0.15) is 31.1 Å². The zero-order chi connectivity index (χ0) is 11.1. The molecule has 0 radical (unpaired) electrons. The van der Waals surface area contributed by atoms with E-state index in [0.29, 0.717) is 6.04 Å². The molecular weight excluding hydrogens is 204 g/mol. The number of hydrogen-bond donors (Lipinski definition) is 1. The van der Waals surface area contributed by atoms with Crippen molar-refractivity contribution in [2.24, 2.45) is 5.73 Å². The van der Waals surface area contributed by atoms with Crippen molar-refractivity contribution < 1.29 is 0 Å². The van der Waals surface area contributed by atoms with Gasteiger partial charge in [-0.2, -0.15) is 0 Å². The molecule has 1 unspecified atom stereocenters. The minimum absolute atomic E-state index is 0.376. The van der Waals surface area contributed by atoms with Crippen molar-refractivity contribution in [3.8, 4) is 0 Å². The van der Waals surface area contributed by atoms with Gasteiger partial charge in [0.2, 0.25) is 0 Å². The number of thiophene rings is 1. The van der Waals surface area contributed by atoms with E-state index in [4.69, 9.17) is 5.73 Å². The Morgan fingerprint density at radius 1 is 1.47 bits per heavy atom. The SMILES string of the molecule is CCCC(N)CCN(C)Cc1cccs1. The highest BCUT2D eigenvalue weighted by Crippen LogP contribution is 2.11. The number of hydrogen-bond acceptors (Lipinski definition) is 3. The Morgan fingerprint density at radius 2 is 2.27 bits per heavy atom. The van der Waals surface area contributed by atoms with Gasteiger partial charge in [0.1, 0.15) is 0 Å². The van der Waals surface area contributed by atoms with E-state index in [1.165, 1.54) is 11.3 Å². The summed E-state index contributed by atoms with van der Waals surface area (Å²) in [5.41, 5.74) is 5.98. The fraction of sp³-hybridized carbons (Fsp3) is 0.667. The summed E-state index contributed by atoms with van der Waals surface area (Å²) in [7, 11) is 2.17. The molecule has 1 aromatic heterocycles. The summed E-state index contributed by atoms with van der Waals surface area (Å²) in [6.07, 6.45) is 3.44. The van der Waals surface area contributed by atoms with Gasteiger partial charge >= 0.3 is 0 Å². The zero-order valence-corrected chi connectivity index (χ0v) is 10.6. The fourth-order valence-corrected chi connectivity index (χ4v) is 2.43. The number of nitrogens with zero attached hydrogens (tertiary/aromatic N) is 1. The van der Waals surface area contributed by atoms with Gasteiger partial charge in [0.25, 0.3) is 0 Å². The van der Waals surface area contributed by atoms with Crippen LogP contribution in [0, 0.1) is 0 Å². The summed E-state index contributed by atoms with van der Waals surface area (Å²) in [4.78, 5) is 3.78. The van der Waals surface area contributed by atoms with Crippen LogP contribution < -0.4 is 5.73 Å². The first-order valence-electron chi connectivity index (χ1n) is 5.69. The van der Waals surface area contributed by atoms with Gasteiger partial charge in [-0.1, -0.05) is 19.4 Å². The normalized spacial score (nSPS) is 13.3. The molecule has 1 heterocycles. The Labute approximate surface area is 97.1 Å². The fourth-order valence-electron chi connectivity index (χ4n) is 1.65. The quantitative estimate of drug-likeness (QED) is 0.774. The Hall–Kier alpha value is -0.380. The van der Waals surface area contributed by atoms with Crippen molar-refractivity contribution >= 4 is 11.3 Å². The van der Waals surface area contributed by atoms with Crippen LogP contribution in [0.4, 0.5) is 0 Å². The minimum Gasteiger partial charge on any atom is -0.328 e. The van der Waals surface area contributed by atoms with E-state index in [2.05, 4.69) is 36.4 Å². The zero-order valence-electron chi connectivity index (χ0n) is 9.78. The molecule has 0 spiro atoms. The highest BCUT2D eigenvalue weighted by molar-refractivity contribution is 7.09. The lowest BCUT2D eigenvalue weighted by Gasteiger charge is -2.18. The van der Waals surface area contributed by atoms with Crippen LogP contribution in [0.2, 0.25) is 0 Å². The summed E-state index contributed by atoms with van der Waals surface area (Å²) < 4.78 is 0. The molecule has 0 aliphatic rings. The Balaban J connectivity index is 2.16. The summed E-state index contributed by atoms with van der Waals surface area (Å²) >= 11 is 1.82. The highest BCUT2D eigenvalue weighted by Gasteiger charge is 2.05. The lowest BCUT2D eigenvalue weighted by molar-refractivity contribution is 0.310. The smallest absolute Gasteiger partial charge is 0.0324 e. The van der Waals surface area contributed by atoms with Crippen molar-refractivity contribution in [1.29, 1.82) is 0 Å². The van der Waals surface area contributed by atoms with Gasteiger partial charge in [-0.05, 0) is 37.9 Å². The summed E-state index contributed by atoms with van der Waals surface area (Å²) in [5, 5.41) is 2.13. The standard InChI is InChI=1S/C12H22N2S/c1-3-5-11(13)7-8-14(2)10-12-6-4-9-15-12/h4,6,9,11H,3,5,7-8,10,13H2,1-2H3. The van der Waals surface area contributed by atoms with Crippen LogP contribution in [-0.2, 0) is 6.54 Å². The summed E-state index contributed by atoms with van der Waals surface area (Å²) in [6, 6.07) is 4.67.